The van der Waals surface area contributed by atoms with Crippen LogP contribution in [0, 0.1) is 5.92 Å². The lowest BCUT2D eigenvalue weighted by molar-refractivity contribution is 0.0953. The second-order valence-corrected chi connectivity index (χ2v) is 10.4. The first-order valence-electron chi connectivity index (χ1n) is 13.2. The summed E-state index contributed by atoms with van der Waals surface area (Å²) in [6.07, 6.45) is 19.9. The first-order chi connectivity index (χ1) is 15.5. The van der Waals surface area contributed by atoms with Crippen molar-refractivity contribution in [1.29, 1.82) is 0 Å². The van der Waals surface area contributed by atoms with Crippen LogP contribution in [-0.2, 0) is 0 Å². The Labute approximate surface area is 206 Å². The van der Waals surface area contributed by atoms with Crippen LogP contribution in [0.1, 0.15) is 127 Å². The van der Waals surface area contributed by atoms with Crippen molar-refractivity contribution in [3.63, 3.8) is 0 Å². The van der Waals surface area contributed by atoms with E-state index in [2.05, 4.69) is 42.0 Å². The van der Waals surface area contributed by atoms with Gasteiger partial charge >= 0.3 is 0 Å². The van der Waals surface area contributed by atoms with Crippen LogP contribution in [0.15, 0.2) is 22.7 Å². The maximum absolute atomic E-state index is 12.4. The molecule has 1 aromatic carbocycles. The van der Waals surface area contributed by atoms with Crippen LogP contribution < -0.4 is 10.1 Å². The summed E-state index contributed by atoms with van der Waals surface area (Å²) in [5.41, 5.74) is 0.679. The van der Waals surface area contributed by atoms with Gasteiger partial charge in [-0.15, -0.1) is 0 Å². The van der Waals surface area contributed by atoms with Crippen molar-refractivity contribution in [2.24, 2.45) is 5.92 Å². The van der Waals surface area contributed by atoms with Crippen LogP contribution in [0.2, 0.25) is 0 Å². The number of amides is 1. The topological polar surface area (TPSA) is 38.3 Å². The molecule has 0 heterocycles. The number of carbonyl (C=O) groups is 1. The summed E-state index contributed by atoms with van der Waals surface area (Å²) in [6, 6.07) is 5.58. The number of rotatable bonds is 20. The van der Waals surface area contributed by atoms with E-state index in [0.29, 0.717) is 18.1 Å². The predicted octanol–water partition coefficient (Wildman–Crippen LogP) is 9.09. The molecule has 0 saturated heterocycles. The molecule has 1 amide bonds. The summed E-state index contributed by atoms with van der Waals surface area (Å²) in [5, 5.41) is 3.05. The molecule has 0 aliphatic rings. The maximum atomic E-state index is 12.4. The van der Waals surface area contributed by atoms with Gasteiger partial charge in [-0.25, -0.2) is 0 Å². The number of ether oxygens (including phenoxy) is 1. The van der Waals surface area contributed by atoms with Crippen LogP contribution in [-0.4, -0.2) is 19.1 Å². The van der Waals surface area contributed by atoms with Crippen LogP contribution in [0.25, 0.3) is 0 Å². The summed E-state index contributed by atoms with van der Waals surface area (Å²) in [5.74, 6) is 1.41. The molecule has 1 rings (SSSR count). The number of unbranched alkanes of at least 4 members (excludes halogenated alkanes) is 13. The van der Waals surface area contributed by atoms with Crippen molar-refractivity contribution in [1.82, 2.24) is 5.32 Å². The summed E-state index contributed by atoms with van der Waals surface area (Å²) < 4.78 is 6.63. The molecule has 0 aliphatic carbocycles. The first-order valence-corrected chi connectivity index (χ1v) is 14.0. The highest BCUT2D eigenvalue weighted by Crippen LogP contribution is 2.26. The lowest BCUT2D eigenvalue weighted by atomic mass is 10.0. The molecule has 1 N–H and O–H groups in total. The third-order valence-corrected chi connectivity index (χ3v) is 6.58. The Hall–Kier alpha value is -1.03. The number of benzene rings is 1. The molecule has 4 heteroatoms. The fraction of sp³-hybridized carbons (Fsp3) is 0.750. The molecule has 3 nitrogen and oxygen atoms in total. The van der Waals surface area contributed by atoms with Gasteiger partial charge in [-0.05, 0) is 52.9 Å². The molecule has 0 atom stereocenters. The Morgan fingerprint density at radius 2 is 1.41 bits per heavy atom. The van der Waals surface area contributed by atoms with Gasteiger partial charge < -0.3 is 10.1 Å². The van der Waals surface area contributed by atoms with Gasteiger partial charge in [-0.3, -0.25) is 4.79 Å². The molecule has 1 aromatic rings. The van der Waals surface area contributed by atoms with E-state index in [1.807, 2.05) is 18.2 Å². The number of hydrogen-bond acceptors (Lipinski definition) is 2. The minimum absolute atomic E-state index is 0.00544. The van der Waals surface area contributed by atoms with Crippen molar-refractivity contribution in [3.8, 4) is 5.75 Å². The zero-order valence-corrected chi connectivity index (χ0v) is 22.6. The molecule has 0 spiro atoms. The van der Waals surface area contributed by atoms with E-state index in [0.717, 1.165) is 29.6 Å². The van der Waals surface area contributed by atoms with Gasteiger partial charge in [0.1, 0.15) is 5.75 Å². The zero-order chi connectivity index (χ0) is 23.4. The molecule has 0 bridgehead atoms. The highest BCUT2D eigenvalue weighted by atomic mass is 79.9. The molecule has 0 radical (unpaired) electrons. The Balaban J connectivity index is 2.00. The van der Waals surface area contributed by atoms with Crippen LogP contribution in [0.3, 0.4) is 0 Å². The zero-order valence-electron chi connectivity index (χ0n) is 21.0. The maximum Gasteiger partial charge on any atom is 0.251 e. The Morgan fingerprint density at radius 3 is 1.91 bits per heavy atom. The monoisotopic (exact) mass is 509 g/mol. The molecular formula is C28H48BrNO2. The fourth-order valence-electron chi connectivity index (χ4n) is 3.79. The summed E-state index contributed by atoms with van der Waals surface area (Å²) in [7, 11) is 0. The van der Waals surface area contributed by atoms with Crippen molar-refractivity contribution in [2.45, 2.75) is 117 Å². The van der Waals surface area contributed by atoms with Crippen LogP contribution in [0.4, 0.5) is 0 Å². The molecule has 184 valence electrons. The Kier molecular flexibility index (Phi) is 17.6. The first kappa shape index (κ1) is 29.0. The molecule has 0 saturated carbocycles. The third-order valence-electron chi connectivity index (χ3n) is 5.96. The second-order valence-electron chi connectivity index (χ2n) is 9.53. The summed E-state index contributed by atoms with van der Waals surface area (Å²) >= 11 is 3.53. The van der Waals surface area contributed by atoms with E-state index < -0.39 is 0 Å². The van der Waals surface area contributed by atoms with Gasteiger partial charge in [0.15, 0.2) is 0 Å². The Morgan fingerprint density at radius 1 is 0.875 bits per heavy atom. The summed E-state index contributed by atoms with van der Waals surface area (Å²) in [6.45, 7) is 8.09. The molecule has 0 aromatic heterocycles. The predicted molar refractivity (Wildman–Crippen MR) is 142 cm³/mol. The molecule has 32 heavy (non-hydrogen) atoms. The highest BCUT2D eigenvalue weighted by Gasteiger charge is 2.09. The van der Waals surface area contributed by atoms with Crippen molar-refractivity contribution < 1.29 is 9.53 Å². The van der Waals surface area contributed by atoms with Crippen molar-refractivity contribution >= 4 is 21.8 Å². The van der Waals surface area contributed by atoms with E-state index in [-0.39, 0.29) is 5.91 Å². The standard InChI is InChI=1S/C28H48BrNO2/c1-4-5-6-7-8-9-10-11-12-13-14-15-16-17-21-30-28(31)25-18-19-27(26(29)23-25)32-22-20-24(2)3/h18-19,23-24H,4-17,20-22H2,1-3H3,(H,30,31). The molecule has 0 aliphatic heterocycles. The SMILES string of the molecule is CCCCCCCCCCCCCCCCNC(=O)c1ccc(OCCC(C)C)c(Br)c1. The van der Waals surface area contributed by atoms with Gasteiger partial charge in [-0.2, -0.15) is 0 Å². The second kappa shape index (κ2) is 19.4. The van der Waals surface area contributed by atoms with E-state index in [1.165, 1.54) is 83.5 Å². The lowest BCUT2D eigenvalue weighted by Crippen LogP contribution is -2.24. The van der Waals surface area contributed by atoms with Gasteiger partial charge in [0.05, 0.1) is 11.1 Å². The number of carbonyl (C=O) groups excluding carboxylic acids is 1. The third kappa shape index (κ3) is 14.9. The Bertz CT molecular complexity index is 603. The van der Waals surface area contributed by atoms with E-state index >= 15 is 0 Å². The normalized spacial score (nSPS) is 11.2. The van der Waals surface area contributed by atoms with E-state index in [9.17, 15) is 4.79 Å². The highest BCUT2D eigenvalue weighted by molar-refractivity contribution is 9.10. The average molecular weight is 511 g/mol. The largest absolute Gasteiger partial charge is 0.492 e. The van der Waals surface area contributed by atoms with Gasteiger partial charge in [0.25, 0.3) is 5.91 Å². The van der Waals surface area contributed by atoms with Gasteiger partial charge in [0.2, 0.25) is 0 Å². The number of hydrogen-bond donors (Lipinski definition) is 1. The average Bonchev–Trinajstić information content (AvgIpc) is 2.77. The van der Waals surface area contributed by atoms with E-state index in [4.69, 9.17) is 4.74 Å². The molecular weight excluding hydrogens is 462 g/mol. The summed E-state index contributed by atoms with van der Waals surface area (Å²) in [4.78, 5) is 12.4. The van der Waals surface area contributed by atoms with Gasteiger partial charge in [-0.1, -0.05) is 104 Å². The quantitative estimate of drug-likeness (QED) is 0.178. The lowest BCUT2D eigenvalue weighted by Gasteiger charge is -2.11. The minimum atomic E-state index is -0.00544. The van der Waals surface area contributed by atoms with Crippen molar-refractivity contribution in [3.05, 3.63) is 28.2 Å². The smallest absolute Gasteiger partial charge is 0.251 e. The molecule has 0 fully saturated rings. The van der Waals surface area contributed by atoms with Crippen molar-refractivity contribution in [2.75, 3.05) is 13.2 Å². The van der Waals surface area contributed by atoms with Gasteiger partial charge in [0, 0.05) is 12.1 Å². The molecule has 0 unspecified atom stereocenters. The number of halogens is 1. The minimum Gasteiger partial charge on any atom is -0.492 e. The fourth-order valence-corrected chi connectivity index (χ4v) is 4.28. The van der Waals surface area contributed by atoms with E-state index in [1.54, 1.807) is 0 Å². The van der Waals surface area contributed by atoms with Crippen LogP contribution in [0.5, 0.6) is 5.75 Å². The number of nitrogens with one attached hydrogen (secondary N) is 1. The van der Waals surface area contributed by atoms with Crippen LogP contribution >= 0.6 is 15.9 Å².